The van der Waals surface area contributed by atoms with E-state index in [9.17, 15) is 9.18 Å². The number of hydrogen-bond acceptors (Lipinski definition) is 5. The molecular weight excluding hydrogens is 393 g/mol. The van der Waals surface area contributed by atoms with Crippen molar-refractivity contribution >= 4 is 28.9 Å². The van der Waals surface area contributed by atoms with E-state index in [1.807, 2.05) is 0 Å². The second-order valence-corrected chi connectivity index (χ2v) is 7.75. The van der Waals surface area contributed by atoms with Crippen molar-refractivity contribution in [1.29, 1.82) is 0 Å². The zero-order chi connectivity index (χ0) is 20.5. The zero-order valence-corrected chi connectivity index (χ0v) is 17.6. The van der Waals surface area contributed by atoms with Crippen LogP contribution in [0, 0.1) is 5.82 Å². The smallest absolute Gasteiger partial charge is 0.238 e. The Morgan fingerprint density at radius 3 is 2.59 bits per heavy atom. The number of halogens is 1. The van der Waals surface area contributed by atoms with Gasteiger partial charge in [-0.1, -0.05) is 6.07 Å². The summed E-state index contributed by atoms with van der Waals surface area (Å²) in [5.41, 5.74) is 0.482. The third-order valence-corrected chi connectivity index (χ3v) is 5.57. The first-order valence-electron chi connectivity index (χ1n) is 10.2. The van der Waals surface area contributed by atoms with Crippen LogP contribution in [-0.2, 0) is 9.53 Å². The first-order chi connectivity index (χ1) is 14.1. The van der Waals surface area contributed by atoms with Gasteiger partial charge in [-0.15, -0.1) is 0 Å². The number of carbonyl (C=O) groups is 1. The van der Waals surface area contributed by atoms with Crippen LogP contribution in [0.4, 0.5) is 10.1 Å². The van der Waals surface area contributed by atoms with Gasteiger partial charge in [0, 0.05) is 51.5 Å². The molecule has 29 heavy (non-hydrogen) atoms. The van der Waals surface area contributed by atoms with E-state index in [0.717, 1.165) is 77.1 Å². The molecule has 0 unspecified atom stereocenters. The number of hydrogen-bond donors (Lipinski definition) is 2. The van der Waals surface area contributed by atoms with Gasteiger partial charge >= 0.3 is 0 Å². The zero-order valence-electron chi connectivity index (χ0n) is 16.7. The molecule has 1 aromatic rings. The molecule has 1 aromatic carbocycles. The molecule has 0 aliphatic carbocycles. The van der Waals surface area contributed by atoms with Crippen molar-refractivity contribution in [2.75, 3.05) is 77.4 Å². The summed E-state index contributed by atoms with van der Waals surface area (Å²) in [6, 6.07) is 5.94. The molecule has 3 rings (SSSR count). The number of nitrogens with one attached hydrogen (secondary N) is 2. The lowest BCUT2D eigenvalue weighted by Crippen LogP contribution is -2.53. The van der Waals surface area contributed by atoms with Crippen LogP contribution < -0.4 is 10.6 Å². The fourth-order valence-electron chi connectivity index (χ4n) is 3.51. The predicted molar refractivity (Wildman–Crippen MR) is 116 cm³/mol. The summed E-state index contributed by atoms with van der Waals surface area (Å²) in [4.78, 5) is 18.8. The Bertz CT molecular complexity index is 679. The number of morpholine rings is 1. The molecule has 2 N–H and O–H groups in total. The Hall–Kier alpha value is -1.81. The summed E-state index contributed by atoms with van der Waals surface area (Å²) < 4.78 is 18.6. The molecule has 2 aliphatic rings. The minimum Gasteiger partial charge on any atom is -0.379 e. The molecule has 2 heterocycles. The SMILES string of the molecule is O=C(CN1CCN(C(=S)NCCCN2CCOCC2)CC1)Nc1cccc(F)c1. The van der Waals surface area contributed by atoms with E-state index in [2.05, 4.69) is 25.3 Å². The van der Waals surface area contributed by atoms with Crippen molar-refractivity contribution < 1.29 is 13.9 Å². The third-order valence-electron chi connectivity index (χ3n) is 5.17. The van der Waals surface area contributed by atoms with Crippen LogP contribution in [0.3, 0.4) is 0 Å². The average Bonchev–Trinajstić information content (AvgIpc) is 2.72. The minimum absolute atomic E-state index is 0.132. The number of thiocarbonyl (C=S) groups is 1. The topological polar surface area (TPSA) is 60.1 Å². The highest BCUT2D eigenvalue weighted by molar-refractivity contribution is 7.80. The first kappa shape index (κ1) is 21.9. The van der Waals surface area contributed by atoms with Crippen LogP contribution in [0.15, 0.2) is 24.3 Å². The Kier molecular flexibility index (Phi) is 8.60. The van der Waals surface area contributed by atoms with Gasteiger partial charge in [-0.2, -0.15) is 0 Å². The van der Waals surface area contributed by atoms with Gasteiger partial charge in [0.25, 0.3) is 0 Å². The highest BCUT2D eigenvalue weighted by Crippen LogP contribution is 2.09. The van der Waals surface area contributed by atoms with Crippen LogP contribution in [0.1, 0.15) is 6.42 Å². The summed E-state index contributed by atoms with van der Waals surface area (Å²) in [6.45, 7) is 9.04. The minimum atomic E-state index is -0.359. The number of carbonyl (C=O) groups excluding carboxylic acids is 1. The predicted octanol–water partition coefficient (Wildman–Crippen LogP) is 0.979. The van der Waals surface area contributed by atoms with Crippen LogP contribution >= 0.6 is 12.2 Å². The van der Waals surface area contributed by atoms with Gasteiger partial charge < -0.3 is 20.3 Å². The molecular formula is C20H30FN5O2S. The van der Waals surface area contributed by atoms with E-state index >= 15 is 0 Å². The quantitative estimate of drug-likeness (QED) is 0.501. The highest BCUT2D eigenvalue weighted by Gasteiger charge is 2.20. The molecule has 7 nitrogen and oxygen atoms in total. The molecule has 2 aliphatic heterocycles. The van der Waals surface area contributed by atoms with Gasteiger partial charge in [0.15, 0.2) is 5.11 Å². The van der Waals surface area contributed by atoms with Gasteiger partial charge in [-0.25, -0.2) is 4.39 Å². The molecule has 2 fully saturated rings. The monoisotopic (exact) mass is 423 g/mol. The maximum Gasteiger partial charge on any atom is 0.238 e. The molecule has 1 amide bonds. The van der Waals surface area contributed by atoms with E-state index in [1.165, 1.54) is 12.1 Å². The van der Waals surface area contributed by atoms with Crippen LogP contribution in [0.25, 0.3) is 0 Å². The van der Waals surface area contributed by atoms with Crippen molar-refractivity contribution in [3.63, 3.8) is 0 Å². The largest absolute Gasteiger partial charge is 0.379 e. The van der Waals surface area contributed by atoms with Crippen molar-refractivity contribution in [3.8, 4) is 0 Å². The van der Waals surface area contributed by atoms with E-state index < -0.39 is 0 Å². The molecule has 0 radical (unpaired) electrons. The lowest BCUT2D eigenvalue weighted by molar-refractivity contribution is -0.117. The standard InChI is InChI=1S/C20H30FN5O2S/c21-17-3-1-4-18(15-17)23-19(27)16-25-7-9-26(10-8-25)20(29)22-5-2-6-24-11-13-28-14-12-24/h1,3-4,15H,2,5-14,16H2,(H,22,29)(H,23,27). The molecule has 9 heteroatoms. The summed E-state index contributed by atoms with van der Waals surface area (Å²) in [7, 11) is 0. The summed E-state index contributed by atoms with van der Waals surface area (Å²) >= 11 is 5.52. The maximum atomic E-state index is 13.2. The number of piperazine rings is 1. The van der Waals surface area contributed by atoms with Crippen molar-refractivity contribution in [1.82, 2.24) is 20.0 Å². The van der Waals surface area contributed by atoms with Gasteiger partial charge in [0.05, 0.1) is 19.8 Å². The molecule has 0 bridgehead atoms. The number of ether oxygens (including phenoxy) is 1. The summed E-state index contributed by atoms with van der Waals surface area (Å²) in [6.07, 6.45) is 1.06. The molecule has 160 valence electrons. The third kappa shape index (κ3) is 7.50. The van der Waals surface area contributed by atoms with Crippen LogP contribution in [0.2, 0.25) is 0 Å². The van der Waals surface area contributed by atoms with Crippen LogP contribution in [-0.4, -0.2) is 97.8 Å². The molecule has 0 aromatic heterocycles. The Morgan fingerprint density at radius 1 is 1.10 bits per heavy atom. The van der Waals surface area contributed by atoms with Crippen LogP contribution in [0.5, 0.6) is 0 Å². The van der Waals surface area contributed by atoms with Gasteiger partial charge in [-0.05, 0) is 43.4 Å². The fourth-order valence-corrected chi connectivity index (χ4v) is 3.80. The number of anilines is 1. The summed E-state index contributed by atoms with van der Waals surface area (Å²) in [5.74, 6) is -0.491. The number of rotatable bonds is 7. The molecule has 0 spiro atoms. The van der Waals surface area contributed by atoms with Crippen molar-refractivity contribution in [2.45, 2.75) is 6.42 Å². The number of amides is 1. The fraction of sp³-hybridized carbons (Fsp3) is 0.600. The van der Waals surface area contributed by atoms with E-state index in [-0.39, 0.29) is 11.7 Å². The Morgan fingerprint density at radius 2 is 1.86 bits per heavy atom. The second-order valence-electron chi connectivity index (χ2n) is 7.36. The molecule has 0 atom stereocenters. The van der Waals surface area contributed by atoms with Crippen molar-refractivity contribution in [2.24, 2.45) is 0 Å². The van der Waals surface area contributed by atoms with E-state index in [0.29, 0.717) is 12.2 Å². The normalized spacial score (nSPS) is 18.4. The average molecular weight is 424 g/mol. The van der Waals surface area contributed by atoms with Gasteiger partial charge in [0.2, 0.25) is 5.91 Å². The maximum absolute atomic E-state index is 13.2. The van der Waals surface area contributed by atoms with Crippen molar-refractivity contribution in [3.05, 3.63) is 30.1 Å². The lowest BCUT2D eigenvalue weighted by atomic mass is 10.3. The molecule has 0 saturated carbocycles. The lowest BCUT2D eigenvalue weighted by Gasteiger charge is -2.36. The second kappa shape index (κ2) is 11.4. The number of benzene rings is 1. The molecule has 2 saturated heterocycles. The first-order valence-corrected chi connectivity index (χ1v) is 10.6. The van der Waals surface area contributed by atoms with Gasteiger partial charge in [0.1, 0.15) is 5.82 Å². The van der Waals surface area contributed by atoms with E-state index in [4.69, 9.17) is 17.0 Å². The number of nitrogens with zero attached hydrogens (tertiary/aromatic N) is 3. The Labute approximate surface area is 177 Å². The van der Waals surface area contributed by atoms with E-state index in [1.54, 1.807) is 12.1 Å². The Balaban J connectivity index is 1.29. The van der Waals surface area contributed by atoms with Gasteiger partial charge in [-0.3, -0.25) is 14.6 Å². The highest BCUT2D eigenvalue weighted by atomic mass is 32.1. The summed E-state index contributed by atoms with van der Waals surface area (Å²) in [5, 5.41) is 6.88.